The predicted octanol–water partition coefficient (Wildman–Crippen LogP) is 2.00. The highest BCUT2D eigenvalue weighted by molar-refractivity contribution is 5.93. The summed E-state index contributed by atoms with van der Waals surface area (Å²) in [6.07, 6.45) is 1.36. The fraction of sp³-hybridized carbons (Fsp3) is 0.438. The lowest BCUT2D eigenvalue weighted by atomic mass is 9.80. The fourth-order valence-corrected chi connectivity index (χ4v) is 2.60. The van der Waals surface area contributed by atoms with Crippen LogP contribution in [0.1, 0.15) is 42.1 Å². The Bertz CT molecular complexity index is 594. The van der Waals surface area contributed by atoms with Gasteiger partial charge in [0.1, 0.15) is 11.5 Å². The molecule has 0 unspecified atom stereocenters. The third kappa shape index (κ3) is 3.48. The van der Waals surface area contributed by atoms with Crippen LogP contribution >= 0.6 is 0 Å². The monoisotopic (exact) mass is 289 g/mol. The zero-order valence-electron chi connectivity index (χ0n) is 12.2. The number of esters is 1. The number of nitrogens with two attached hydrogens (primary N) is 1. The molecule has 2 N–H and O–H groups in total. The van der Waals surface area contributed by atoms with E-state index < -0.39 is 5.91 Å². The second kappa shape index (κ2) is 6.08. The van der Waals surface area contributed by atoms with Crippen molar-refractivity contribution in [2.24, 2.45) is 17.6 Å². The molecule has 1 aromatic carbocycles. The molecule has 1 fully saturated rings. The van der Waals surface area contributed by atoms with Crippen LogP contribution in [0.3, 0.4) is 0 Å². The highest BCUT2D eigenvalue weighted by Crippen LogP contribution is 2.30. The number of benzene rings is 1. The van der Waals surface area contributed by atoms with Crippen LogP contribution in [0.5, 0.6) is 5.75 Å². The van der Waals surface area contributed by atoms with Gasteiger partial charge < -0.3 is 10.5 Å². The molecule has 0 spiro atoms. The van der Waals surface area contributed by atoms with Gasteiger partial charge in [-0.25, -0.2) is 0 Å². The number of amides is 1. The maximum Gasteiger partial charge on any atom is 0.314 e. The minimum atomic E-state index is -0.566. The molecule has 0 saturated heterocycles. The first-order valence-electron chi connectivity index (χ1n) is 7.02. The minimum Gasteiger partial charge on any atom is -0.426 e. The van der Waals surface area contributed by atoms with Crippen LogP contribution < -0.4 is 10.5 Å². The van der Waals surface area contributed by atoms with Gasteiger partial charge in [0.05, 0.1) is 5.92 Å². The maximum absolute atomic E-state index is 12.3. The SMILES string of the molecule is Cc1ccc(C(N)=O)cc1OC(=O)[C@H]1CCC(=O)C[C@H]1C. The molecule has 1 aliphatic rings. The van der Waals surface area contributed by atoms with Crippen LogP contribution in [0.15, 0.2) is 18.2 Å². The van der Waals surface area contributed by atoms with E-state index in [2.05, 4.69) is 0 Å². The van der Waals surface area contributed by atoms with Crippen LogP contribution in [0.25, 0.3) is 0 Å². The van der Waals surface area contributed by atoms with Crippen molar-refractivity contribution in [1.29, 1.82) is 0 Å². The van der Waals surface area contributed by atoms with Crippen molar-refractivity contribution in [3.05, 3.63) is 29.3 Å². The Morgan fingerprint density at radius 3 is 2.67 bits per heavy atom. The second-order valence-electron chi connectivity index (χ2n) is 5.63. The molecule has 5 nitrogen and oxygen atoms in total. The smallest absolute Gasteiger partial charge is 0.314 e. The lowest BCUT2D eigenvalue weighted by molar-refractivity contribution is -0.143. The lowest BCUT2D eigenvalue weighted by Gasteiger charge is -2.26. The molecular formula is C16H19NO4. The van der Waals surface area contributed by atoms with Gasteiger partial charge in [-0.2, -0.15) is 0 Å². The Kier molecular flexibility index (Phi) is 4.40. The van der Waals surface area contributed by atoms with Crippen molar-refractivity contribution >= 4 is 17.7 Å². The third-order valence-electron chi connectivity index (χ3n) is 3.96. The van der Waals surface area contributed by atoms with Crippen molar-refractivity contribution in [1.82, 2.24) is 0 Å². The van der Waals surface area contributed by atoms with Crippen molar-refractivity contribution in [2.45, 2.75) is 33.1 Å². The summed E-state index contributed by atoms with van der Waals surface area (Å²) < 4.78 is 5.42. The van der Waals surface area contributed by atoms with Gasteiger partial charge in [0.25, 0.3) is 0 Å². The van der Waals surface area contributed by atoms with Crippen molar-refractivity contribution in [2.75, 3.05) is 0 Å². The van der Waals surface area contributed by atoms with Gasteiger partial charge in [0, 0.05) is 18.4 Å². The van der Waals surface area contributed by atoms with Gasteiger partial charge in [-0.1, -0.05) is 13.0 Å². The molecule has 1 saturated carbocycles. The number of aryl methyl sites for hydroxylation is 1. The number of ketones is 1. The fourth-order valence-electron chi connectivity index (χ4n) is 2.60. The van der Waals surface area contributed by atoms with Crippen molar-refractivity contribution < 1.29 is 19.1 Å². The first kappa shape index (κ1) is 15.2. The number of ether oxygens (including phenoxy) is 1. The average Bonchev–Trinajstić information content (AvgIpc) is 2.40. The van der Waals surface area contributed by atoms with E-state index in [0.29, 0.717) is 30.6 Å². The summed E-state index contributed by atoms with van der Waals surface area (Å²) in [6.45, 7) is 3.68. The molecule has 0 aromatic heterocycles. The number of carbonyl (C=O) groups is 3. The summed E-state index contributed by atoms with van der Waals surface area (Å²) in [7, 11) is 0. The molecule has 21 heavy (non-hydrogen) atoms. The maximum atomic E-state index is 12.3. The van der Waals surface area contributed by atoms with Gasteiger partial charge in [-0.3, -0.25) is 14.4 Å². The Balaban J connectivity index is 2.14. The number of rotatable bonds is 3. The molecule has 112 valence electrons. The molecule has 2 rings (SSSR count). The molecule has 0 heterocycles. The van der Waals surface area contributed by atoms with Gasteiger partial charge >= 0.3 is 5.97 Å². The first-order chi connectivity index (χ1) is 9.88. The van der Waals surface area contributed by atoms with E-state index >= 15 is 0 Å². The van der Waals surface area contributed by atoms with E-state index in [4.69, 9.17) is 10.5 Å². The third-order valence-corrected chi connectivity index (χ3v) is 3.96. The van der Waals surface area contributed by atoms with Crippen LogP contribution in [-0.2, 0) is 9.59 Å². The van der Waals surface area contributed by atoms with Gasteiger partial charge in [-0.05, 0) is 37.0 Å². The summed E-state index contributed by atoms with van der Waals surface area (Å²) in [5.74, 6) is -0.666. The molecule has 0 bridgehead atoms. The molecule has 5 heteroatoms. The Morgan fingerprint density at radius 1 is 1.33 bits per heavy atom. The zero-order chi connectivity index (χ0) is 15.6. The molecule has 1 aromatic rings. The summed E-state index contributed by atoms with van der Waals surface area (Å²) in [6, 6.07) is 4.77. The largest absolute Gasteiger partial charge is 0.426 e. The van der Waals surface area contributed by atoms with E-state index in [0.717, 1.165) is 5.56 Å². The van der Waals surface area contributed by atoms with Crippen LogP contribution in [0, 0.1) is 18.8 Å². The van der Waals surface area contributed by atoms with Crippen molar-refractivity contribution in [3.8, 4) is 5.75 Å². The van der Waals surface area contributed by atoms with E-state index in [-0.39, 0.29) is 23.6 Å². The predicted molar refractivity (Wildman–Crippen MR) is 76.8 cm³/mol. The standard InChI is InChI=1S/C16H19NO4/c1-9-3-4-11(15(17)19)8-14(9)21-16(20)13-6-5-12(18)7-10(13)2/h3-4,8,10,13H,5-7H2,1-2H3,(H2,17,19)/t10-,13+/m1/s1. The van der Waals surface area contributed by atoms with Crippen LogP contribution in [0.4, 0.5) is 0 Å². The molecular weight excluding hydrogens is 270 g/mol. The van der Waals surface area contributed by atoms with Crippen molar-refractivity contribution in [3.63, 3.8) is 0 Å². The van der Waals surface area contributed by atoms with Gasteiger partial charge in [-0.15, -0.1) is 0 Å². The van der Waals surface area contributed by atoms with Crippen LogP contribution in [0.2, 0.25) is 0 Å². The number of carbonyl (C=O) groups excluding carboxylic acids is 3. The average molecular weight is 289 g/mol. The quantitative estimate of drug-likeness (QED) is 0.681. The van der Waals surface area contributed by atoms with E-state index in [1.54, 1.807) is 19.1 Å². The van der Waals surface area contributed by atoms with E-state index in [1.165, 1.54) is 6.07 Å². The molecule has 1 aliphatic carbocycles. The van der Waals surface area contributed by atoms with E-state index in [1.807, 2.05) is 6.92 Å². The number of hydrogen-bond donors (Lipinski definition) is 1. The number of hydrogen-bond acceptors (Lipinski definition) is 4. The number of Topliss-reactive ketones (excluding diaryl/α,β-unsaturated/α-hetero) is 1. The second-order valence-corrected chi connectivity index (χ2v) is 5.63. The number of primary amides is 1. The lowest BCUT2D eigenvalue weighted by Crippen LogP contribution is -2.32. The molecule has 1 amide bonds. The minimum absolute atomic E-state index is 0.0154. The topological polar surface area (TPSA) is 86.5 Å². The summed E-state index contributed by atoms with van der Waals surface area (Å²) >= 11 is 0. The highest BCUT2D eigenvalue weighted by Gasteiger charge is 2.33. The summed E-state index contributed by atoms with van der Waals surface area (Å²) in [5, 5.41) is 0. The van der Waals surface area contributed by atoms with Gasteiger partial charge in [0.2, 0.25) is 5.91 Å². The first-order valence-corrected chi connectivity index (χ1v) is 7.02. The normalized spacial score (nSPS) is 21.9. The molecule has 0 aliphatic heterocycles. The summed E-state index contributed by atoms with van der Waals surface area (Å²) in [5.41, 5.74) is 6.29. The molecule has 0 radical (unpaired) electrons. The zero-order valence-corrected chi connectivity index (χ0v) is 12.2. The highest BCUT2D eigenvalue weighted by atomic mass is 16.5. The Labute approximate surface area is 123 Å². The Hall–Kier alpha value is -2.17. The van der Waals surface area contributed by atoms with Gasteiger partial charge in [0.15, 0.2) is 0 Å². The van der Waals surface area contributed by atoms with E-state index in [9.17, 15) is 14.4 Å². The summed E-state index contributed by atoms with van der Waals surface area (Å²) in [4.78, 5) is 34.8. The molecule has 2 atom stereocenters. The Morgan fingerprint density at radius 2 is 2.05 bits per heavy atom. The van der Waals surface area contributed by atoms with Crippen LogP contribution in [-0.4, -0.2) is 17.7 Å².